The average Bonchev–Trinajstić information content (AvgIpc) is 2.84. The van der Waals surface area contributed by atoms with Crippen LogP contribution in [0.15, 0.2) is 23.2 Å². The molecule has 25 heavy (non-hydrogen) atoms. The van der Waals surface area contributed by atoms with Crippen LogP contribution in [0.4, 0.5) is 10.1 Å². The van der Waals surface area contributed by atoms with Crippen molar-refractivity contribution in [2.45, 2.75) is 25.8 Å². The maximum absolute atomic E-state index is 13.5. The minimum atomic E-state index is -0.829. The number of amides is 1. The van der Waals surface area contributed by atoms with Gasteiger partial charge in [-0.25, -0.2) is 9.38 Å². The molecule has 1 aliphatic rings. The number of carbonyl (C=O) groups is 1. The van der Waals surface area contributed by atoms with Crippen molar-refractivity contribution in [2.75, 3.05) is 12.8 Å². The lowest BCUT2D eigenvalue weighted by Crippen LogP contribution is -2.47. The maximum atomic E-state index is 13.5. The molecule has 1 aromatic carbocycles. The molecule has 5 nitrogen and oxygen atoms in total. The normalized spacial score (nSPS) is 20.8. The van der Waals surface area contributed by atoms with Crippen LogP contribution in [0.25, 0.3) is 10.4 Å². The first-order chi connectivity index (χ1) is 11.6. The number of halogens is 2. The standard InChI is InChI=1S/C17H18ClFN4OS/c1-8-13(18)15(17(2)7-12(24)23(3)16(21)22-17)25-14(8)9-4-5-10(19)11(20)6-9/h4-6H,7,20H2,1-3H3,(H2,21,22)/t17-/m0/s1. The van der Waals surface area contributed by atoms with Crippen LogP contribution < -0.4 is 11.5 Å². The first-order valence-corrected chi connectivity index (χ1v) is 8.80. The fourth-order valence-electron chi connectivity index (χ4n) is 2.84. The summed E-state index contributed by atoms with van der Waals surface area (Å²) < 4.78 is 13.5. The van der Waals surface area contributed by atoms with E-state index >= 15 is 0 Å². The molecule has 1 aliphatic heterocycles. The maximum Gasteiger partial charge on any atom is 0.231 e. The van der Waals surface area contributed by atoms with E-state index < -0.39 is 11.4 Å². The number of guanidine groups is 1. The molecular weight excluding hydrogens is 363 g/mol. The third-order valence-electron chi connectivity index (χ3n) is 4.40. The zero-order chi connectivity index (χ0) is 18.5. The largest absolute Gasteiger partial charge is 0.396 e. The topological polar surface area (TPSA) is 84.7 Å². The average molecular weight is 381 g/mol. The van der Waals surface area contributed by atoms with Crippen molar-refractivity contribution in [2.24, 2.45) is 10.7 Å². The summed E-state index contributed by atoms with van der Waals surface area (Å²) in [6.45, 7) is 3.72. The highest BCUT2D eigenvalue weighted by Crippen LogP contribution is 2.47. The van der Waals surface area contributed by atoms with Crippen LogP contribution in [0.2, 0.25) is 5.02 Å². The Balaban J connectivity index is 2.14. The first kappa shape index (κ1) is 17.7. The Hall–Kier alpha value is -2.12. The van der Waals surface area contributed by atoms with Crippen LogP contribution >= 0.6 is 22.9 Å². The molecule has 0 radical (unpaired) electrons. The lowest BCUT2D eigenvalue weighted by atomic mass is 9.93. The minimum Gasteiger partial charge on any atom is -0.396 e. The van der Waals surface area contributed by atoms with Crippen molar-refractivity contribution in [1.82, 2.24) is 4.90 Å². The Morgan fingerprint density at radius 3 is 2.68 bits per heavy atom. The van der Waals surface area contributed by atoms with Crippen LogP contribution in [0.3, 0.4) is 0 Å². The second-order valence-corrected chi connectivity index (χ2v) is 7.71. The number of thiophene rings is 1. The first-order valence-electron chi connectivity index (χ1n) is 7.60. The van der Waals surface area contributed by atoms with Crippen molar-refractivity contribution < 1.29 is 9.18 Å². The van der Waals surface area contributed by atoms with Gasteiger partial charge in [0, 0.05) is 11.9 Å². The number of carbonyl (C=O) groups excluding carboxylic acids is 1. The predicted octanol–water partition coefficient (Wildman–Crippen LogP) is 3.49. The van der Waals surface area contributed by atoms with E-state index in [2.05, 4.69) is 4.99 Å². The number of hydrogen-bond donors (Lipinski definition) is 2. The van der Waals surface area contributed by atoms with Gasteiger partial charge in [0.1, 0.15) is 11.4 Å². The monoisotopic (exact) mass is 380 g/mol. The Bertz CT molecular complexity index is 910. The minimum absolute atomic E-state index is 0.0749. The predicted molar refractivity (Wildman–Crippen MR) is 100 cm³/mol. The number of anilines is 1. The summed E-state index contributed by atoms with van der Waals surface area (Å²) in [7, 11) is 1.59. The van der Waals surface area contributed by atoms with E-state index in [9.17, 15) is 9.18 Å². The molecule has 3 rings (SSSR count). The van der Waals surface area contributed by atoms with Gasteiger partial charge in [-0.2, -0.15) is 0 Å². The van der Waals surface area contributed by atoms with E-state index in [1.165, 1.54) is 22.3 Å². The van der Waals surface area contributed by atoms with E-state index in [1.54, 1.807) is 19.2 Å². The van der Waals surface area contributed by atoms with E-state index in [0.717, 1.165) is 20.9 Å². The summed E-state index contributed by atoms with van der Waals surface area (Å²) in [5.41, 5.74) is 12.4. The number of nitrogen functional groups attached to an aromatic ring is 1. The molecule has 1 amide bonds. The van der Waals surface area contributed by atoms with Gasteiger partial charge in [-0.05, 0) is 37.1 Å². The van der Waals surface area contributed by atoms with Gasteiger partial charge in [-0.3, -0.25) is 9.69 Å². The van der Waals surface area contributed by atoms with Crippen LogP contribution in [-0.4, -0.2) is 23.8 Å². The summed E-state index contributed by atoms with van der Waals surface area (Å²) in [5.74, 6) is -0.423. The van der Waals surface area contributed by atoms with E-state index in [4.69, 9.17) is 23.1 Å². The Kier molecular flexibility index (Phi) is 4.25. The number of benzene rings is 1. The number of rotatable bonds is 2. The molecule has 0 bridgehead atoms. The molecule has 0 fully saturated rings. The van der Waals surface area contributed by atoms with E-state index in [1.807, 2.05) is 13.8 Å². The number of nitrogens with two attached hydrogens (primary N) is 2. The van der Waals surface area contributed by atoms with Gasteiger partial charge in [-0.1, -0.05) is 17.7 Å². The van der Waals surface area contributed by atoms with E-state index in [0.29, 0.717) is 5.02 Å². The molecule has 2 heterocycles. The molecule has 0 spiro atoms. The summed E-state index contributed by atoms with van der Waals surface area (Å²) >= 11 is 7.98. The third-order valence-corrected chi connectivity index (χ3v) is 6.57. The van der Waals surface area contributed by atoms with Gasteiger partial charge >= 0.3 is 0 Å². The smallest absolute Gasteiger partial charge is 0.231 e. The number of hydrogen-bond acceptors (Lipinski definition) is 5. The number of nitrogens with zero attached hydrogens (tertiary/aromatic N) is 2. The molecule has 0 saturated heterocycles. The SMILES string of the molecule is Cc1c(-c2ccc(F)c(N)c2)sc([C@]2(C)CC(=O)N(C)C(N)=N2)c1Cl. The van der Waals surface area contributed by atoms with Gasteiger partial charge in [-0.15, -0.1) is 11.3 Å². The van der Waals surface area contributed by atoms with Gasteiger partial charge in [0.15, 0.2) is 5.96 Å². The quantitative estimate of drug-likeness (QED) is 0.782. The Morgan fingerprint density at radius 2 is 2.08 bits per heavy atom. The van der Waals surface area contributed by atoms with Gasteiger partial charge in [0.25, 0.3) is 0 Å². The van der Waals surface area contributed by atoms with Crippen molar-refractivity contribution in [3.05, 3.63) is 39.5 Å². The molecule has 2 aromatic rings. The van der Waals surface area contributed by atoms with Crippen LogP contribution in [0.5, 0.6) is 0 Å². The Labute approximate surface area is 154 Å². The van der Waals surface area contributed by atoms with Crippen LogP contribution in [0.1, 0.15) is 23.8 Å². The summed E-state index contributed by atoms with van der Waals surface area (Å²) in [6, 6.07) is 4.56. The number of aliphatic imine (C=N–C) groups is 1. The lowest BCUT2D eigenvalue weighted by Gasteiger charge is -2.32. The van der Waals surface area contributed by atoms with Crippen molar-refractivity contribution in [3.63, 3.8) is 0 Å². The summed E-state index contributed by atoms with van der Waals surface area (Å²) in [6.07, 6.45) is 0.175. The molecule has 132 valence electrons. The molecule has 0 unspecified atom stereocenters. The van der Waals surface area contributed by atoms with Crippen molar-refractivity contribution >= 4 is 40.5 Å². The van der Waals surface area contributed by atoms with Gasteiger partial charge in [0.2, 0.25) is 5.91 Å². The zero-order valence-electron chi connectivity index (χ0n) is 14.1. The summed E-state index contributed by atoms with van der Waals surface area (Å²) in [4.78, 5) is 19.7. The van der Waals surface area contributed by atoms with E-state index in [-0.39, 0.29) is 24.0 Å². The molecule has 0 aliphatic carbocycles. The second kappa shape index (κ2) is 6.00. The lowest BCUT2D eigenvalue weighted by molar-refractivity contribution is -0.128. The summed E-state index contributed by atoms with van der Waals surface area (Å²) in [5, 5.41) is 0.541. The van der Waals surface area contributed by atoms with Crippen molar-refractivity contribution in [3.8, 4) is 10.4 Å². The molecule has 1 atom stereocenters. The fraction of sp³-hybridized carbons (Fsp3) is 0.294. The highest BCUT2D eigenvalue weighted by molar-refractivity contribution is 7.16. The van der Waals surface area contributed by atoms with Gasteiger partial charge < -0.3 is 11.5 Å². The highest BCUT2D eigenvalue weighted by Gasteiger charge is 2.39. The Morgan fingerprint density at radius 1 is 1.40 bits per heavy atom. The van der Waals surface area contributed by atoms with Crippen molar-refractivity contribution in [1.29, 1.82) is 0 Å². The van der Waals surface area contributed by atoms with Crippen LogP contribution in [-0.2, 0) is 10.3 Å². The highest BCUT2D eigenvalue weighted by atomic mass is 35.5. The molecule has 1 aromatic heterocycles. The third kappa shape index (κ3) is 2.87. The van der Waals surface area contributed by atoms with Crippen LogP contribution in [0, 0.1) is 12.7 Å². The zero-order valence-corrected chi connectivity index (χ0v) is 15.6. The molecular formula is C17H18ClFN4OS. The fourth-order valence-corrected chi connectivity index (χ4v) is 4.59. The second-order valence-electron chi connectivity index (χ2n) is 6.31. The molecule has 0 saturated carbocycles. The molecule has 4 N–H and O–H groups in total. The molecule has 8 heteroatoms. The van der Waals surface area contributed by atoms with Gasteiger partial charge in [0.05, 0.1) is 22.0 Å².